The largest absolute Gasteiger partial charge is 0.370 e. The van der Waals surface area contributed by atoms with Gasteiger partial charge in [0.05, 0.1) is 36.9 Å². The fraction of sp³-hybridized carbons (Fsp3) is 0.160. The molecule has 0 saturated heterocycles. The second-order valence-corrected chi connectivity index (χ2v) is 14.1. The summed E-state index contributed by atoms with van der Waals surface area (Å²) in [4.78, 5) is 3.44. The van der Waals surface area contributed by atoms with E-state index in [1.54, 1.807) is 36.8 Å². The molecule has 0 aliphatic carbocycles. The van der Waals surface area contributed by atoms with Gasteiger partial charge in [-0.15, -0.1) is 0 Å². The summed E-state index contributed by atoms with van der Waals surface area (Å²) in [5, 5.41) is 9.82. The number of benzene rings is 3. The van der Waals surface area contributed by atoms with Crippen molar-refractivity contribution < 1.29 is 21.6 Å². The second kappa shape index (κ2) is 13.7. The Morgan fingerprint density at radius 2 is 1.67 bits per heavy atom. The minimum atomic E-state index is -4.07. The molecule has 1 aliphatic rings. The summed E-state index contributed by atoms with van der Waals surface area (Å²) in [6.07, 6.45) is 5.03. The van der Waals surface area contributed by atoms with Crippen molar-refractivity contribution in [1.82, 2.24) is 14.3 Å². The maximum absolute atomic E-state index is 11.6. The number of anilines is 1. The molecule has 0 bridgehead atoms. The highest BCUT2D eigenvalue weighted by atomic mass is 35.5. The number of hydrogen-bond donors (Lipinski definition) is 3. The normalized spacial score (nSPS) is 14.7. The van der Waals surface area contributed by atoms with Crippen molar-refractivity contribution >= 4 is 83.7 Å². The van der Waals surface area contributed by atoms with Gasteiger partial charge in [-0.25, -0.2) is 27.0 Å². The van der Waals surface area contributed by atoms with Gasteiger partial charge in [0.1, 0.15) is 15.9 Å². The van der Waals surface area contributed by atoms with Crippen LogP contribution in [0.5, 0.6) is 0 Å². The van der Waals surface area contributed by atoms with Gasteiger partial charge in [0, 0.05) is 38.0 Å². The molecule has 4 aromatic rings. The van der Waals surface area contributed by atoms with E-state index in [1.807, 2.05) is 22.9 Å². The van der Waals surface area contributed by atoms with E-state index >= 15 is 0 Å². The Balaban J connectivity index is 0.000000208. The van der Waals surface area contributed by atoms with Gasteiger partial charge in [-0.1, -0.05) is 70.1 Å². The Labute approximate surface area is 267 Å². The van der Waals surface area contributed by atoms with Crippen molar-refractivity contribution in [2.45, 2.75) is 29.0 Å². The van der Waals surface area contributed by atoms with Crippen LogP contribution >= 0.6 is 58.0 Å². The Morgan fingerprint density at radius 1 is 0.976 bits per heavy atom. The topological polar surface area (TPSA) is 145 Å². The number of nitrogens with one attached hydrogen (secondary N) is 2. The number of aromatic nitrogens is 2. The molecule has 5 rings (SSSR count). The molecule has 10 nitrogen and oxygen atoms in total. The third kappa shape index (κ3) is 8.29. The standard InChI is InChI=1S/C18H14Cl4N2O.C7H8ClN3O4S2/c19-13-2-1-12(16(21)7-13)10-25-18(9-24-6-5-23-11-24)15-4-3-14(20)8-17(15)22;8-4-1-5-7(2-6(4)16(9,12)13)17(14,15)11-3-10-5/h1-8,11,18H,9-10H2;1-2,10-11H,3H2,(H2,9,12,13). The lowest BCUT2D eigenvalue weighted by atomic mass is 10.1. The lowest BCUT2D eigenvalue weighted by Crippen LogP contribution is -2.34. The Hall–Kier alpha value is -2.10. The molecule has 0 saturated carbocycles. The third-order valence-electron chi connectivity index (χ3n) is 5.87. The van der Waals surface area contributed by atoms with Crippen LogP contribution in [-0.4, -0.2) is 33.1 Å². The first-order valence-corrected chi connectivity index (χ1v) is 16.7. The van der Waals surface area contributed by atoms with E-state index in [2.05, 4.69) is 15.0 Å². The summed E-state index contributed by atoms with van der Waals surface area (Å²) >= 11 is 30.3. The maximum atomic E-state index is 11.6. The molecule has 4 N–H and O–H groups in total. The van der Waals surface area contributed by atoms with E-state index in [0.717, 1.165) is 17.2 Å². The molecule has 0 amide bonds. The summed E-state index contributed by atoms with van der Waals surface area (Å²) in [6.45, 7) is 0.904. The lowest BCUT2D eigenvalue weighted by molar-refractivity contribution is 0.0281. The number of sulfonamides is 2. The zero-order valence-corrected chi connectivity index (χ0v) is 26.7. The van der Waals surface area contributed by atoms with Crippen molar-refractivity contribution in [2.75, 3.05) is 12.0 Å². The van der Waals surface area contributed by atoms with E-state index in [9.17, 15) is 16.8 Å². The number of fused-ring (bicyclic) bond motifs is 1. The van der Waals surface area contributed by atoms with Gasteiger partial charge in [0.15, 0.2) is 0 Å². The average Bonchev–Trinajstić information content (AvgIpc) is 3.40. The van der Waals surface area contributed by atoms with Crippen LogP contribution < -0.4 is 15.2 Å². The molecule has 0 fully saturated rings. The monoisotopic (exact) mass is 711 g/mol. The molecular formula is C25H22Cl5N5O5S2. The number of nitrogens with zero attached hydrogens (tertiary/aromatic N) is 2. The first kappa shape index (κ1) is 32.8. The molecule has 17 heteroatoms. The molecule has 2 heterocycles. The van der Waals surface area contributed by atoms with Gasteiger partial charge in [0.25, 0.3) is 0 Å². The van der Waals surface area contributed by atoms with Gasteiger partial charge < -0.3 is 14.6 Å². The van der Waals surface area contributed by atoms with Crippen LogP contribution in [0.15, 0.2) is 77.0 Å². The number of ether oxygens (including phenoxy) is 1. The molecular weight excluding hydrogens is 692 g/mol. The fourth-order valence-corrected chi connectivity index (χ4v) is 7.11. The first-order chi connectivity index (χ1) is 19.7. The number of hydrogen-bond acceptors (Lipinski definition) is 7. The van der Waals surface area contributed by atoms with Crippen molar-refractivity contribution in [1.29, 1.82) is 0 Å². The van der Waals surface area contributed by atoms with E-state index in [-0.39, 0.29) is 28.4 Å². The van der Waals surface area contributed by atoms with Gasteiger partial charge in [-0.05, 0) is 42.0 Å². The highest BCUT2D eigenvalue weighted by molar-refractivity contribution is 7.90. The van der Waals surface area contributed by atoms with E-state index in [4.69, 9.17) is 67.9 Å². The number of nitrogens with two attached hydrogens (primary N) is 1. The molecule has 224 valence electrons. The quantitative estimate of drug-likeness (QED) is 0.210. The molecule has 1 aromatic heterocycles. The van der Waals surface area contributed by atoms with E-state index < -0.39 is 24.9 Å². The van der Waals surface area contributed by atoms with Crippen LogP contribution in [0, 0.1) is 0 Å². The summed E-state index contributed by atoms with van der Waals surface area (Å²) in [5.74, 6) is 0. The number of primary sulfonamides is 1. The molecule has 0 radical (unpaired) electrons. The predicted octanol–water partition coefficient (Wildman–Crippen LogP) is 6.10. The lowest BCUT2D eigenvalue weighted by Gasteiger charge is -2.21. The van der Waals surface area contributed by atoms with Crippen LogP contribution in [-0.2, 0) is 37.9 Å². The van der Waals surface area contributed by atoms with Gasteiger partial charge >= 0.3 is 0 Å². The number of halogens is 5. The minimum absolute atomic E-state index is 0.0143. The van der Waals surface area contributed by atoms with Crippen molar-refractivity contribution in [2.24, 2.45) is 5.14 Å². The summed E-state index contributed by atoms with van der Waals surface area (Å²) < 4.78 is 55.9. The Morgan fingerprint density at radius 3 is 2.29 bits per heavy atom. The smallest absolute Gasteiger partial charge is 0.244 e. The number of imidazole rings is 1. The predicted molar refractivity (Wildman–Crippen MR) is 164 cm³/mol. The summed E-state index contributed by atoms with van der Waals surface area (Å²) in [6, 6.07) is 12.9. The number of rotatable bonds is 7. The van der Waals surface area contributed by atoms with Crippen LogP contribution in [0.25, 0.3) is 0 Å². The molecule has 3 aromatic carbocycles. The molecule has 0 spiro atoms. The van der Waals surface area contributed by atoms with E-state index in [1.165, 1.54) is 6.07 Å². The van der Waals surface area contributed by atoms with Gasteiger partial charge in [-0.3, -0.25) is 0 Å². The Kier molecular flexibility index (Phi) is 10.7. The zero-order valence-electron chi connectivity index (χ0n) is 21.3. The molecule has 1 atom stereocenters. The van der Waals surface area contributed by atoms with E-state index in [0.29, 0.717) is 33.2 Å². The Bertz CT molecular complexity index is 1810. The highest BCUT2D eigenvalue weighted by Gasteiger charge is 2.27. The summed E-state index contributed by atoms with van der Waals surface area (Å²) in [5.41, 5.74) is 1.94. The first-order valence-electron chi connectivity index (χ1n) is 11.8. The average molecular weight is 714 g/mol. The van der Waals surface area contributed by atoms with Gasteiger partial charge in [0.2, 0.25) is 20.0 Å². The molecule has 1 unspecified atom stereocenters. The van der Waals surface area contributed by atoms with Crippen LogP contribution in [0.4, 0.5) is 5.69 Å². The van der Waals surface area contributed by atoms with Gasteiger partial charge in [-0.2, -0.15) is 4.72 Å². The van der Waals surface area contributed by atoms with Crippen molar-refractivity contribution in [3.05, 3.63) is 103 Å². The summed E-state index contributed by atoms with van der Waals surface area (Å²) in [7, 11) is -7.80. The molecule has 42 heavy (non-hydrogen) atoms. The van der Waals surface area contributed by atoms with Crippen molar-refractivity contribution in [3.63, 3.8) is 0 Å². The van der Waals surface area contributed by atoms with Crippen LogP contribution in [0.1, 0.15) is 17.2 Å². The van der Waals surface area contributed by atoms with Crippen LogP contribution in [0.3, 0.4) is 0 Å². The highest BCUT2D eigenvalue weighted by Crippen LogP contribution is 2.33. The third-order valence-corrected chi connectivity index (χ3v) is 9.84. The second-order valence-electron chi connectivity index (χ2n) is 8.79. The SMILES string of the molecule is Clc1ccc(COC(Cn2ccnc2)c2ccc(Cl)cc2Cl)c(Cl)c1.NS(=O)(=O)c1cc2c(cc1Cl)NCNS2(=O)=O. The van der Waals surface area contributed by atoms with Crippen molar-refractivity contribution in [3.8, 4) is 0 Å². The molecule has 1 aliphatic heterocycles. The minimum Gasteiger partial charge on any atom is -0.370 e. The maximum Gasteiger partial charge on any atom is 0.244 e. The fourth-order valence-electron chi connectivity index (χ4n) is 3.84. The zero-order chi connectivity index (χ0) is 30.7. The van der Waals surface area contributed by atoms with Crippen LogP contribution in [0.2, 0.25) is 25.1 Å².